The summed E-state index contributed by atoms with van der Waals surface area (Å²) in [5.74, 6) is -0.409. The van der Waals surface area contributed by atoms with E-state index in [2.05, 4.69) is 17.2 Å². The molecule has 0 aliphatic heterocycles. The first-order chi connectivity index (χ1) is 7.07. The van der Waals surface area contributed by atoms with Gasteiger partial charge < -0.3 is 21.1 Å². The number of nitrogens with one attached hydrogen (secondary N) is 2. The summed E-state index contributed by atoms with van der Waals surface area (Å²) in [4.78, 5) is 21.3. The molecular formula is C9H17N3O3. The Labute approximate surface area is 88.8 Å². The van der Waals surface area contributed by atoms with Gasteiger partial charge in [-0.2, -0.15) is 0 Å². The Bertz CT molecular complexity index is 241. The second kappa shape index (κ2) is 7.81. The van der Waals surface area contributed by atoms with Gasteiger partial charge in [0.15, 0.2) is 0 Å². The molecule has 0 rings (SSSR count). The Balaban J connectivity index is 3.47. The number of carbonyl (C=O) groups excluding carboxylic acids is 2. The second-order valence-corrected chi connectivity index (χ2v) is 2.79. The average molecular weight is 215 g/mol. The zero-order valence-corrected chi connectivity index (χ0v) is 8.84. The molecule has 4 N–H and O–H groups in total. The highest BCUT2D eigenvalue weighted by Crippen LogP contribution is 1.91. The van der Waals surface area contributed by atoms with Crippen LogP contribution in [0.3, 0.4) is 0 Å². The van der Waals surface area contributed by atoms with Gasteiger partial charge in [-0.3, -0.25) is 0 Å². The van der Waals surface area contributed by atoms with Crippen LogP contribution >= 0.6 is 0 Å². The number of rotatable bonds is 7. The third-order valence-corrected chi connectivity index (χ3v) is 1.50. The summed E-state index contributed by atoms with van der Waals surface area (Å²) in [6, 6.07) is -0.569. The van der Waals surface area contributed by atoms with Gasteiger partial charge in [0.25, 0.3) is 0 Å². The molecule has 6 nitrogen and oxygen atoms in total. The largest absolute Gasteiger partial charge is 0.463 e. The summed E-state index contributed by atoms with van der Waals surface area (Å²) in [6.45, 7) is 6.88. The van der Waals surface area contributed by atoms with E-state index in [0.29, 0.717) is 31.8 Å². The second-order valence-electron chi connectivity index (χ2n) is 2.79. The molecule has 15 heavy (non-hydrogen) atoms. The summed E-state index contributed by atoms with van der Waals surface area (Å²) in [6.07, 6.45) is 0. The highest BCUT2D eigenvalue weighted by molar-refractivity contribution is 5.88. The maximum Gasteiger partial charge on any atom is 0.334 e. The molecule has 0 heterocycles. The van der Waals surface area contributed by atoms with E-state index < -0.39 is 12.0 Å². The van der Waals surface area contributed by atoms with Crippen molar-refractivity contribution < 1.29 is 14.3 Å². The molecule has 0 unspecified atom stereocenters. The number of carbonyl (C=O) groups is 2. The fraction of sp³-hybridized carbons (Fsp3) is 0.556. The van der Waals surface area contributed by atoms with Crippen LogP contribution in [0.15, 0.2) is 12.2 Å². The Hall–Kier alpha value is -1.56. The lowest BCUT2D eigenvalue weighted by molar-refractivity contribution is -0.138. The minimum atomic E-state index is -0.569. The molecule has 0 radical (unpaired) electrons. The van der Waals surface area contributed by atoms with E-state index in [1.165, 1.54) is 0 Å². The van der Waals surface area contributed by atoms with Crippen LogP contribution in [0.2, 0.25) is 0 Å². The molecule has 0 bridgehead atoms. The van der Waals surface area contributed by atoms with Crippen LogP contribution in [-0.4, -0.2) is 38.2 Å². The maximum absolute atomic E-state index is 11.1. The zero-order chi connectivity index (χ0) is 11.7. The quantitative estimate of drug-likeness (QED) is 0.299. The first-order valence-corrected chi connectivity index (χ1v) is 4.66. The van der Waals surface area contributed by atoms with E-state index in [9.17, 15) is 9.59 Å². The van der Waals surface area contributed by atoms with Crippen molar-refractivity contribution in [3.05, 3.63) is 12.2 Å². The van der Waals surface area contributed by atoms with E-state index in [-0.39, 0.29) is 0 Å². The Morgan fingerprint density at radius 1 is 1.40 bits per heavy atom. The fourth-order valence-corrected chi connectivity index (χ4v) is 0.819. The highest BCUT2D eigenvalue weighted by atomic mass is 16.5. The van der Waals surface area contributed by atoms with E-state index in [1.54, 1.807) is 6.92 Å². The molecule has 0 saturated heterocycles. The van der Waals surface area contributed by atoms with Crippen molar-refractivity contribution in [1.82, 2.24) is 10.6 Å². The van der Waals surface area contributed by atoms with Crippen LogP contribution in [0, 0.1) is 0 Å². The molecule has 0 fully saturated rings. The lowest BCUT2D eigenvalue weighted by atomic mass is 10.3. The van der Waals surface area contributed by atoms with Gasteiger partial charge in [0.05, 0.1) is 6.61 Å². The van der Waals surface area contributed by atoms with Crippen LogP contribution in [0.4, 0.5) is 4.79 Å². The summed E-state index contributed by atoms with van der Waals surface area (Å²) >= 11 is 0. The average Bonchev–Trinajstić information content (AvgIpc) is 2.16. The molecule has 0 aromatic rings. The monoisotopic (exact) mass is 215 g/mol. The molecular weight excluding hydrogens is 198 g/mol. The number of urea groups is 1. The first-order valence-electron chi connectivity index (χ1n) is 4.66. The number of hydrogen-bond donors (Lipinski definition) is 3. The Morgan fingerprint density at radius 3 is 2.60 bits per heavy atom. The van der Waals surface area contributed by atoms with Crippen molar-refractivity contribution >= 4 is 12.0 Å². The molecule has 0 atom stereocenters. The van der Waals surface area contributed by atoms with Crippen LogP contribution in [0.25, 0.3) is 0 Å². The normalized spacial score (nSPS) is 9.40. The van der Waals surface area contributed by atoms with Gasteiger partial charge in [0.1, 0.15) is 0 Å². The molecule has 0 aromatic carbocycles. The molecule has 86 valence electrons. The molecule has 0 aliphatic carbocycles. The summed E-state index contributed by atoms with van der Waals surface area (Å²) < 4.78 is 4.73. The van der Waals surface area contributed by atoms with Crippen molar-refractivity contribution in [2.75, 3.05) is 26.2 Å². The number of hydrogen-bond acceptors (Lipinski definition) is 4. The van der Waals surface area contributed by atoms with Crippen molar-refractivity contribution in [3.63, 3.8) is 0 Å². The van der Waals surface area contributed by atoms with Crippen LogP contribution in [0.5, 0.6) is 0 Å². The zero-order valence-electron chi connectivity index (χ0n) is 8.84. The van der Waals surface area contributed by atoms with Gasteiger partial charge in [-0.1, -0.05) is 6.58 Å². The molecule has 0 spiro atoms. The van der Waals surface area contributed by atoms with Gasteiger partial charge >= 0.3 is 12.0 Å². The third kappa shape index (κ3) is 7.51. The molecule has 0 saturated carbocycles. The smallest absolute Gasteiger partial charge is 0.334 e. The van der Waals surface area contributed by atoms with E-state index in [0.717, 1.165) is 0 Å². The summed E-state index contributed by atoms with van der Waals surface area (Å²) in [5, 5.41) is 5.31. The number of primary amides is 1. The van der Waals surface area contributed by atoms with Crippen molar-refractivity contribution in [1.29, 1.82) is 0 Å². The van der Waals surface area contributed by atoms with Gasteiger partial charge in [-0.15, -0.1) is 0 Å². The number of esters is 1. The topological polar surface area (TPSA) is 93.5 Å². The number of amides is 2. The Morgan fingerprint density at radius 2 is 2.07 bits per heavy atom. The molecule has 0 aliphatic rings. The number of ether oxygens (including phenoxy) is 1. The lowest BCUT2D eigenvalue weighted by Crippen LogP contribution is -2.36. The first kappa shape index (κ1) is 13.4. The third-order valence-electron chi connectivity index (χ3n) is 1.50. The molecule has 6 heteroatoms. The SMILES string of the molecule is C=C(CNCCNC(N)=O)C(=O)OCC. The predicted octanol–water partition coefficient (Wildman–Crippen LogP) is -0.636. The van der Waals surface area contributed by atoms with Crippen LogP contribution in [-0.2, 0) is 9.53 Å². The molecule has 2 amide bonds. The number of nitrogens with two attached hydrogens (primary N) is 1. The van der Waals surface area contributed by atoms with Gasteiger partial charge in [0, 0.05) is 25.2 Å². The molecule has 0 aromatic heterocycles. The minimum Gasteiger partial charge on any atom is -0.463 e. The van der Waals surface area contributed by atoms with E-state index >= 15 is 0 Å². The van der Waals surface area contributed by atoms with E-state index in [4.69, 9.17) is 10.5 Å². The lowest BCUT2D eigenvalue weighted by Gasteiger charge is -2.07. The maximum atomic E-state index is 11.1. The summed E-state index contributed by atoms with van der Waals surface area (Å²) in [5.41, 5.74) is 5.21. The highest BCUT2D eigenvalue weighted by Gasteiger charge is 2.06. The van der Waals surface area contributed by atoms with Gasteiger partial charge in [-0.05, 0) is 6.92 Å². The van der Waals surface area contributed by atoms with Crippen LogP contribution in [0.1, 0.15) is 6.92 Å². The Kier molecular flexibility index (Phi) is 7.00. The van der Waals surface area contributed by atoms with Crippen molar-refractivity contribution in [2.24, 2.45) is 5.73 Å². The predicted molar refractivity (Wildman–Crippen MR) is 56.2 cm³/mol. The van der Waals surface area contributed by atoms with Gasteiger partial charge in [0.2, 0.25) is 0 Å². The standard InChI is InChI=1S/C9H17N3O3/c1-3-15-8(13)7(2)6-11-4-5-12-9(10)14/h11H,2-6H2,1H3,(H3,10,12,14). The fourth-order valence-electron chi connectivity index (χ4n) is 0.819. The van der Waals surface area contributed by atoms with Crippen molar-refractivity contribution in [3.8, 4) is 0 Å². The van der Waals surface area contributed by atoms with Crippen LogP contribution < -0.4 is 16.4 Å². The summed E-state index contributed by atoms with van der Waals surface area (Å²) in [7, 11) is 0. The minimum absolute atomic E-state index is 0.333. The van der Waals surface area contributed by atoms with Gasteiger partial charge in [-0.25, -0.2) is 9.59 Å². The van der Waals surface area contributed by atoms with Crippen molar-refractivity contribution in [2.45, 2.75) is 6.92 Å². The van der Waals surface area contributed by atoms with E-state index in [1.807, 2.05) is 0 Å².